The molecule has 0 aliphatic heterocycles. The normalized spacial score (nSPS) is 11.0. The van der Waals surface area contributed by atoms with Gasteiger partial charge in [0.1, 0.15) is 19.4 Å². The fraction of sp³-hybridized carbons (Fsp3) is 0.190. The molecule has 1 amide bonds. The van der Waals surface area contributed by atoms with Gasteiger partial charge in [0, 0.05) is 38.0 Å². The number of amides is 1. The molecular weight excluding hydrogens is 381 g/mol. The lowest BCUT2D eigenvalue weighted by molar-refractivity contribution is 0.0763. The number of phenols is 1. The molecule has 0 radical (unpaired) electrons. The lowest BCUT2D eigenvalue weighted by Gasteiger charge is -2.16. The number of fused-ring (bicyclic) bond motifs is 1. The van der Waals surface area contributed by atoms with Crippen LogP contribution in [0.4, 0.5) is 5.82 Å². The molecule has 4 rings (SSSR count). The molecule has 8 nitrogen and oxygen atoms in total. The van der Waals surface area contributed by atoms with Crippen molar-refractivity contribution >= 4 is 30.7 Å². The fourth-order valence-corrected chi connectivity index (χ4v) is 3.25. The van der Waals surface area contributed by atoms with E-state index in [2.05, 4.69) is 15.4 Å². The summed E-state index contributed by atoms with van der Waals surface area (Å²) in [7, 11) is 3.70. The number of carbonyl (C=O) groups is 1. The van der Waals surface area contributed by atoms with E-state index in [0.717, 1.165) is 23.3 Å². The van der Waals surface area contributed by atoms with Crippen molar-refractivity contribution in [3.63, 3.8) is 0 Å². The van der Waals surface area contributed by atoms with Crippen molar-refractivity contribution in [1.29, 1.82) is 0 Å². The highest BCUT2D eigenvalue weighted by Crippen LogP contribution is 2.29. The molecule has 0 bridgehead atoms. The van der Waals surface area contributed by atoms with Gasteiger partial charge in [-0.3, -0.25) is 4.79 Å². The van der Waals surface area contributed by atoms with Crippen LogP contribution in [0.1, 0.15) is 17.0 Å². The predicted octanol–water partition coefficient (Wildman–Crippen LogP) is 1.53. The third-order valence-corrected chi connectivity index (χ3v) is 4.88. The van der Waals surface area contributed by atoms with Gasteiger partial charge in [-0.15, -0.1) is 0 Å². The van der Waals surface area contributed by atoms with Crippen LogP contribution in [0.2, 0.25) is 0 Å². The van der Waals surface area contributed by atoms with Crippen molar-refractivity contribution in [3.05, 3.63) is 60.7 Å². The number of rotatable bonds is 7. The number of benzene rings is 1. The maximum absolute atomic E-state index is 12.2. The highest BCUT2D eigenvalue weighted by Gasteiger charge is 2.15. The average Bonchev–Trinajstić information content (AvgIpc) is 3.41. The van der Waals surface area contributed by atoms with Crippen molar-refractivity contribution in [2.75, 3.05) is 25.5 Å². The Morgan fingerprint density at radius 2 is 2.13 bits per heavy atom. The molecule has 3 heterocycles. The minimum atomic E-state index is -0.143. The second-order valence-electron chi connectivity index (χ2n) is 7.09. The van der Waals surface area contributed by atoms with E-state index in [1.165, 1.54) is 6.26 Å². The topological polar surface area (TPSA) is 95.9 Å². The van der Waals surface area contributed by atoms with E-state index in [9.17, 15) is 9.90 Å². The molecule has 4 aromatic rings. The summed E-state index contributed by atoms with van der Waals surface area (Å²) in [5.41, 5.74) is 2.99. The number of nitrogens with zero attached hydrogens (tertiary/aromatic N) is 4. The van der Waals surface area contributed by atoms with E-state index in [1.807, 2.05) is 26.0 Å². The van der Waals surface area contributed by atoms with Crippen molar-refractivity contribution in [1.82, 2.24) is 19.5 Å². The molecule has 3 aromatic heterocycles. The second kappa shape index (κ2) is 8.32. The van der Waals surface area contributed by atoms with Crippen LogP contribution in [0.5, 0.6) is 5.75 Å². The SMILES string of the molecule is Bc1cnn2c(NCCCN(C)C(=O)c3ccco3)cc(-c3ccccc3O)nc12. The Kier molecular flexibility index (Phi) is 5.43. The molecule has 0 saturated heterocycles. The van der Waals surface area contributed by atoms with Crippen molar-refractivity contribution < 1.29 is 14.3 Å². The number of aromatic hydroxyl groups is 1. The number of nitrogens with one attached hydrogen (secondary N) is 1. The van der Waals surface area contributed by atoms with Crippen LogP contribution in [0, 0.1) is 0 Å². The van der Waals surface area contributed by atoms with Gasteiger partial charge in [0.05, 0.1) is 12.0 Å². The minimum absolute atomic E-state index is 0.143. The summed E-state index contributed by atoms with van der Waals surface area (Å²) in [5, 5.41) is 18.0. The van der Waals surface area contributed by atoms with Gasteiger partial charge in [-0.1, -0.05) is 12.1 Å². The number of aromatic nitrogens is 3. The van der Waals surface area contributed by atoms with Gasteiger partial charge in [-0.05, 0) is 36.1 Å². The van der Waals surface area contributed by atoms with Crippen molar-refractivity contribution in [2.24, 2.45) is 0 Å². The van der Waals surface area contributed by atoms with Gasteiger partial charge in [-0.2, -0.15) is 9.61 Å². The van der Waals surface area contributed by atoms with Crippen LogP contribution in [0.3, 0.4) is 0 Å². The summed E-state index contributed by atoms with van der Waals surface area (Å²) in [6.45, 7) is 1.21. The van der Waals surface area contributed by atoms with E-state index in [4.69, 9.17) is 4.42 Å². The molecule has 0 aliphatic rings. The Balaban J connectivity index is 1.48. The minimum Gasteiger partial charge on any atom is -0.507 e. The highest BCUT2D eigenvalue weighted by atomic mass is 16.3. The van der Waals surface area contributed by atoms with Crippen LogP contribution >= 0.6 is 0 Å². The Bertz CT molecular complexity index is 1170. The molecule has 0 atom stereocenters. The van der Waals surface area contributed by atoms with E-state index >= 15 is 0 Å². The number of phenolic OH excluding ortho intramolecular Hbond substituents is 1. The Hall–Kier alpha value is -3.75. The molecule has 0 unspecified atom stereocenters. The van der Waals surface area contributed by atoms with E-state index in [0.29, 0.717) is 30.1 Å². The Morgan fingerprint density at radius 1 is 1.30 bits per heavy atom. The van der Waals surface area contributed by atoms with Crippen LogP contribution in [0.25, 0.3) is 16.9 Å². The van der Waals surface area contributed by atoms with Gasteiger partial charge in [-0.25, -0.2) is 4.98 Å². The maximum atomic E-state index is 12.2. The largest absolute Gasteiger partial charge is 0.507 e. The molecule has 2 N–H and O–H groups in total. The van der Waals surface area contributed by atoms with Crippen molar-refractivity contribution in [3.8, 4) is 17.0 Å². The fourth-order valence-electron chi connectivity index (χ4n) is 3.25. The third-order valence-electron chi connectivity index (χ3n) is 4.88. The number of hydrogen-bond acceptors (Lipinski definition) is 6. The standard InChI is InChI=1S/C21H22BN5O3/c1-26(21(29)18-8-4-11-30-18)10-5-9-23-19-12-16(14-6-2-3-7-17(14)28)25-20-15(22)13-24-27(19)20/h2-4,6-8,11-13,23,28H,5,9-10,22H2,1H3. The Labute approximate surface area is 174 Å². The number of anilines is 1. The zero-order chi connectivity index (χ0) is 21.1. The first-order valence-electron chi connectivity index (χ1n) is 9.71. The van der Waals surface area contributed by atoms with E-state index in [1.54, 1.807) is 46.9 Å². The van der Waals surface area contributed by atoms with Gasteiger partial charge in [0.2, 0.25) is 0 Å². The zero-order valence-corrected chi connectivity index (χ0v) is 16.9. The summed E-state index contributed by atoms with van der Waals surface area (Å²) in [6, 6.07) is 12.3. The van der Waals surface area contributed by atoms with Gasteiger partial charge in [0.25, 0.3) is 5.91 Å². The van der Waals surface area contributed by atoms with Gasteiger partial charge < -0.3 is 19.7 Å². The molecule has 0 saturated carbocycles. The second-order valence-corrected chi connectivity index (χ2v) is 7.09. The smallest absolute Gasteiger partial charge is 0.289 e. The summed E-state index contributed by atoms with van der Waals surface area (Å²) in [6.07, 6.45) is 3.99. The Morgan fingerprint density at radius 3 is 2.90 bits per heavy atom. The van der Waals surface area contributed by atoms with Crippen LogP contribution in [-0.4, -0.2) is 58.5 Å². The van der Waals surface area contributed by atoms with Crippen LogP contribution in [-0.2, 0) is 0 Å². The molecule has 0 spiro atoms. The van der Waals surface area contributed by atoms with E-state index < -0.39 is 0 Å². The summed E-state index contributed by atoms with van der Waals surface area (Å²) in [4.78, 5) is 18.6. The predicted molar refractivity (Wildman–Crippen MR) is 117 cm³/mol. The average molecular weight is 403 g/mol. The third kappa shape index (κ3) is 3.87. The molecule has 1 aromatic carbocycles. The summed E-state index contributed by atoms with van der Waals surface area (Å²) >= 11 is 0. The first-order chi connectivity index (χ1) is 14.5. The summed E-state index contributed by atoms with van der Waals surface area (Å²) in [5.74, 6) is 1.14. The number of furan rings is 1. The lowest BCUT2D eigenvalue weighted by Crippen LogP contribution is -2.28. The molecule has 0 aliphatic carbocycles. The van der Waals surface area contributed by atoms with Crippen LogP contribution in [0.15, 0.2) is 59.3 Å². The van der Waals surface area contributed by atoms with E-state index in [-0.39, 0.29) is 11.7 Å². The van der Waals surface area contributed by atoms with Gasteiger partial charge in [0.15, 0.2) is 11.4 Å². The maximum Gasteiger partial charge on any atom is 0.289 e. The number of para-hydroxylation sites is 1. The molecular formula is C21H22BN5O3. The number of hydrogen-bond donors (Lipinski definition) is 2. The quantitative estimate of drug-likeness (QED) is 0.359. The monoisotopic (exact) mass is 403 g/mol. The molecule has 152 valence electrons. The first-order valence-corrected chi connectivity index (χ1v) is 9.71. The molecule has 9 heteroatoms. The lowest BCUT2D eigenvalue weighted by atomic mass is 10.0. The van der Waals surface area contributed by atoms with Crippen molar-refractivity contribution in [2.45, 2.75) is 6.42 Å². The number of carbonyl (C=O) groups excluding carboxylic acids is 1. The van der Waals surface area contributed by atoms with Crippen LogP contribution < -0.4 is 10.8 Å². The molecule has 0 fully saturated rings. The van der Waals surface area contributed by atoms with Gasteiger partial charge >= 0.3 is 0 Å². The highest BCUT2D eigenvalue weighted by molar-refractivity contribution is 6.36. The zero-order valence-electron chi connectivity index (χ0n) is 16.9. The molecule has 30 heavy (non-hydrogen) atoms. The summed E-state index contributed by atoms with van der Waals surface area (Å²) < 4.78 is 6.91. The first kappa shape index (κ1) is 19.6.